The van der Waals surface area contributed by atoms with Crippen LogP contribution in [0, 0.1) is 5.92 Å². The van der Waals surface area contributed by atoms with Crippen LogP contribution < -0.4 is 4.74 Å². The second-order valence-electron chi connectivity index (χ2n) is 6.89. The van der Waals surface area contributed by atoms with E-state index in [0.29, 0.717) is 19.1 Å². The van der Waals surface area contributed by atoms with Gasteiger partial charge in [-0.15, -0.1) is 0 Å². The molecule has 0 saturated carbocycles. The molecule has 1 aliphatic heterocycles. The Bertz CT molecular complexity index is 878. The third-order valence-electron chi connectivity index (χ3n) is 4.80. The van der Waals surface area contributed by atoms with Crippen molar-refractivity contribution < 1.29 is 14.2 Å². The molecule has 27 heavy (non-hydrogen) atoms. The molecule has 0 atom stereocenters. The van der Waals surface area contributed by atoms with Crippen LogP contribution in [0.15, 0.2) is 54.9 Å². The standard InChI is InChI=1S/C22H24N2O3/c1-2-18(15-26-14-17-6-10-25-11-7-17)12-20(3-1)27-16-19-4-5-21-22(13-19)24-9-8-23-21/h1-5,8-9,12-13,17H,6-7,10-11,14-16H2. The summed E-state index contributed by atoms with van der Waals surface area (Å²) in [5, 5.41) is 0. The molecular weight excluding hydrogens is 340 g/mol. The molecule has 1 saturated heterocycles. The first kappa shape index (κ1) is 17.9. The van der Waals surface area contributed by atoms with Gasteiger partial charge in [-0.3, -0.25) is 9.97 Å². The highest BCUT2D eigenvalue weighted by molar-refractivity contribution is 5.74. The van der Waals surface area contributed by atoms with E-state index in [1.165, 1.54) is 0 Å². The number of hydrogen-bond acceptors (Lipinski definition) is 5. The van der Waals surface area contributed by atoms with Gasteiger partial charge in [0.05, 0.1) is 24.2 Å². The topological polar surface area (TPSA) is 53.5 Å². The van der Waals surface area contributed by atoms with Crippen LogP contribution in [0.5, 0.6) is 5.75 Å². The first-order valence-corrected chi connectivity index (χ1v) is 9.44. The Morgan fingerprint density at radius 1 is 0.889 bits per heavy atom. The maximum absolute atomic E-state index is 5.96. The number of hydrogen-bond donors (Lipinski definition) is 0. The van der Waals surface area contributed by atoms with Crippen LogP contribution in [0.1, 0.15) is 24.0 Å². The van der Waals surface area contributed by atoms with Gasteiger partial charge in [0.1, 0.15) is 12.4 Å². The van der Waals surface area contributed by atoms with Crippen LogP contribution in [0.25, 0.3) is 11.0 Å². The Morgan fingerprint density at radius 2 is 1.70 bits per heavy atom. The van der Waals surface area contributed by atoms with E-state index in [0.717, 1.165) is 60.6 Å². The molecule has 0 bridgehead atoms. The largest absolute Gasteiger partial charge is 0.489 e. The van der Waals surface area contributed by atoms with Crippen LogP contribution in [-0.2, 0) is 22.7 Å². The zero-order chi connectivity index (χ0) is 18.3. The third-order valence-corrected chi connectivity index (χ3v) is 4.80. The molecule has 1 aromatic heterocycles. The minimum Gasteiger partial charge on any atom is -0.489 e. The normalized spacial score (nSPS) is 15.1. The lowest BCUT2D eigenvalue weighted by Crippen LogP contribution is -2.20. The monoisotopic (exact) mass is 364 g/mol. The summed E-state index contributed by atoms with van der Waals surface area (Å²) in [6.45, 7) is 3.63. The quantitative estimate of drug-likeness (QED) is 0.630. The van der Waals surface area contributed by atoms with Gasteiger partial charge in [-0.1, -0.05) is 18.2 Å². The van der Waals surface area contributed by atoms with Crippen molar-refractivity contribution in [2.75, 3.05) is 19.8 Å². The maximum Gasteiger partial charge on any atom is 0.120 e. The lowest BCUT2D eigenvalue weighted by Gasteiger charge is -2.21. The highest BCUT2D eigenvalue weighted by Crippen LogP contribution is 2.19. The van der Waals surface area contributed by atoms with E-state index < -0.39 is 0 Å². The lowest BCUT2D eigenvalue weighted by atomic mass is 10.0. The molecule has 0 radical (unpaired) electrons. The number of rotatable bonds is 7. The summed E-state index contributed by atoms with van der Waals surface area (Å²) in [6.07, 6.45) is 5.60. The highest BCUT2D eigenvalue weighted by atomic mass is 16.5. The summed E-state index contributed by atoms with van der Waals surface area (Å²) in [5.41, 5.74) is 3.98. The summed E-state index contributed by atoms with van der Waals surface area (Å²) < 4.78 is 17.2. The maximum atomic E-state index is 5.96. The van der Waals surface area contributed by atoms with E-state index in [1.807, 2.05) is 36.4 Å². The van der Waals surface area contributed by atoms with E-state index in [-0.39, 0.29) is 0 Å². The minimum atomic E-state index is 0.499. The van der Waals surface area contributed by atoms with E-state index in [4.69, 9.17) is 14.2 Å². The van der Waals surface area contributed by atoms with E-state index in [9.17, 15) is 0 Å². The molecule has 0 spiro atoms. The summed E-state index contributed by atoms with van der Waals surface area (Å²) >= 11 is 0. The van der Waals surface area contributed by atoms with Crippen LogP contribution in [0.2, 0.25) is 0 Å². The fourth-order valence-electron chi connectivity index (χ4n) is 3.25. The lowest BCUT2D eigenvalue weighted by molar-refractivity contribution is 0.0157. The van der Waals surface area contributed by atoms with Crippen molar-refractivity contribution in [3.05, 3.63) is 66.0 Å². The molecule has 2 heterocycles. The van der Waals surface area contributed by atoms with Crippen LogP contribution >= 0.6 is 0 Å². The Kier molecular flexibility index (Phi) is 5.92. The van der Waals surface area contributed by atoms with E-state index >= 15 is 0 Å². The van der Waals surface area contributed by atoms with Gasteiger partial charge < -0.3 is 14.2 Å². The van der Waals surface area contributed by atoms with Gasteiger partial charge in [0.2, 0.25) is 0 Å². The van der Waals surface area contributed by atoms with Gasteiger partial charge in [0, 0.05) is 25.6 Å². The molecule has 0 N–H and O–H groups in total. The number of fused-ring (bicyclic) bond motifs is 1. The fourth-order valence-corrected chi connectivity index (χ4v) is 3.25. The smallest absolute Gasteiger partial charge is 0.120 e. The van der Waals surface area contributed by atoms with Crippen molar-refractivity contribution in [1.29, 1.82) is 0 Å². The van der Waals surface area contributed by atoms with Gasteiger partial charge in [0.25, 0.3) is 0 Å². The predicted octanol–water partition coefficient (Wildman–Crippen LogP) is 4.15. The summed E-state index contributed by atoms with van der Waals surface area (Å²) in [5.74, 6) is 1.47. The van der Waals surface area contributed by atoms with Crippen molar-refractivity contribution in [2.24, 2.45) is 5.92 Å². The van der Waals surface area contributed by atoms with Crippen molar-refractivity contribution in [2.45, 2.75) is 26.1 Å². The molecule has 3 aromatic rings. The fraction of sp³-hybridized carbons (Fsp3) is 0.364. The molecule has 0 amide bonds. The molecular formula is C22H24N2O3. The average molecular weight is 364 g/mol. The molecule has 1 fully saturated rings. The molecule has 0 unspecified atom stereocenters. The van der Waals surface area contributed by atoms with Gasteiger partial charge in [-0.25, -0.2) is 0 Å². The number of ether oxygens (including phenoxy) is 3. The highest BCUT2D eigenvalue weighted by Gasteiger charge is 2.13. The second kappa shape index (κ2) is 8.93. The van der Waals surface area contributed by atoms with Gasteiger partial charge >= 0.3 is 0 Å². The average Bonchev–Trinajstić information content (AvgIpc) is 2.73. The van der Waals surface area contributed by atoms with Crippen LogP contribution in [0.3, 0.4) is 0 Å². The Labute approximate surface area is 159 Å². The first-order chi connectivity index (χ1) is 13.4. The summed E-state index contributed by atoms with van der Waals surface area (Å²) in [6, 6.07) is 14.1. The van der Waals surface area contributed by atoms with Crippen molar-refractivity contribution in [3.63, 3.8) is 0 Å². The first-order valence-electron chi connectivity index (χ1n) is 9.44. The molecule has 5 nitrogen and oxygen atoms in total. The molecule has 1 aliphatic rings. The third kappa shape index (κ3) is 5.02. The molecule has 5 heteroatoms. The van der Waals surface area contributed by atoms with Crippen LogP contribution in [-0.4, -0.2) is 29.8 Å². The summed E-state index contributed by atoms with van der Waals surface area (Å²) in [7, 11) is 0. The zero-order valence-corrected chi connectivity index (χ0v) is 15.3. The number of benzene rings is 2. The van der Waals surface area contributed by atoms with E-state index in [2.05, 4.69) is 16.0 Å². The molecule has 4 rings (SSSR count). The van der Waals surface area contributed by atoms with Crippen molar-refractivity contribution >= 4 is 11.0 Å². The van der Waals surface area contributed by atoms with Gasteiger partial charge in [0.15, 0.2) is 0 Å². The number of nitrogens with zero attached hydrogens (tertiary/aromatic N) is 2. The van der Waals surface area contributed by atoms with E-state index in [1.54, 1.807) is 12.4 Å². The second-order valence-corrected chi connectivity index (χ2v) is 6.89. The summed E-state index contributed by atoms with van der Waals surface area (Å²) in [4.78, 5) is 8.63. The SMILES string of the molecule is c1cc(COCC2CCOCC2)cc(OCc2ccc3nccnc3c2)c1. The van der Waals surface area contributed by atoms with Crippen LogP contribution in [0.4, 0.5) is 0 Å². The number of aromatic nitrogens is 2. The zero-order valence-electron chi connectivity index (χ0n) is 15.3. The predicted molar refractivity (Wildman–Crippen MR) is 104 cm³/mol. The molecule has 0 aliphatic carbocycles. The minimum absolute atomic E-state index is 0.499. The Hall–Kier alpha value is -2.50. The Balaban J connectivity index is 1.30. The molecule has 2 aromatic carbocycles. The molecule has 140 valence electrons. The van der Waals surface area contributed by atoms with Crippen molar-refractivity contribution in [1.82, 2.24) is 9.97 Å². The van der Waals surface area contributed by atoms with Gasteiger partial charge in [-0.05, 0) is 54.2 Å². The van der Waals surface area contributed by atoms with Crippen molar-refractivity contribution in [3.8, 4) is 5.75 Å². The Morgan fingerprint density at radius 3 is 2.59 bits per heavy atom. The van der Waals surface area contributed by atoms with Gasteiger partial charge in [-0.2, -0.15) is 0 Å².